The Morgan fingerprint density at radius 3 is 2.84 bits per heavy atom. The molecule has 0 bridgehead atoms. The summed E-state index contributed by atoms with van der Waals surface area (Å²) in [4.78, 5) is 22.4. The summed E-state index contributed by atoms with van der Waals surface area (Å²) < 4.78 is 0. The summed E-state index contributed by atoms with van der Waals surface area (Å²) in [6, 6.07) is 4.27. The van der Waals surface area contributed by atoms with Gasteiger partial charge in [0.1, 0.15) is 11.2 Å². The van der Waals surface area contributed by atoms with Crippen LogP contribution in [-0.4, -0.2) is 28.1 Å². The van der Waals surface area contributed by atoms with Gasteiger partial charge in [-0.05, 0) is 6.07 Å². The third-order valence-electron chi connectivity index (χ3n) is 2.31. The summed E-state index contributed by atoms with van der Waals surface area (Å²) in [5.41, 5.74) is 1.65. The van der Waals surface area contributed by atoms with Gasteiger partial charge in [0.25, 0.3) is 11.6 Å². The minimum Gasteiger partial charge on any atom is -0.382 e. The zero-order valence-corrected chi connectivity index (χ0v) is 10.6. The van der Waals surface area contributed by atoms with Gasteiger partial charge in [-0.15, -0.1) is 10.2 Å². The standard InChI is InChI=1S/C10H9N5O3S/c1-11-8-6(3-2-4-7(8)15(17)18)9(16)13-10-14-12-5-19-10/h2-5,11H,1H3,(H,13,14,16). The van der Waals surface area contributed by atoms with Crippen molar-refractivity contribution in [3.05, 3.63) is 39.4 Å². The van der Waals surface area contributed by atoms with Gasteiger partial charge in [-0.25, -0.2) is 0 Å². The second kappa shape index (κ2) is 5.40. The van der Waals surface area contributed by atoms with Crippen LogP contribution in [0.5, 0.6) is 0 Å². The molecule has 0 unspecified atom stereocenters. The van der Waals surface area contributed by atoms with Crippen LogP contribution in [0.4, 0.5) is 16.5 Å². The van der Waals surface area contributed by atoms with Crippen molar-refractivity contribution >= 4 is 33.8 Å². The van der Waals surface area contributed by atoms with Crippen LogP contribution in [0, 0.1) is 10.1 Å². The molecule has 1 heterocycles. The predicted molar refractivity (Wildman–Crippen MR) is 70.5 cm³/mol. The third kappa shape index (κ3) is 2.65. The summed E-state index contributed by atoms with van der Waals surface area (Å²) in [6.07, 6.45) is 0. The van der Waals surface area contributed by atoms with Crippen LogP contribution in [0.15, 0.2) is 23.7 Å². The van der Waals surface area contributed by atoms with Crippen molar-refractivity contribution in [2.45, 2.75) is 0 Å². The highest BCUT2D eigenvalue weighted by molar-refractivity contribution is 7.13. The van der Waals surface area contributed by atoms with Gasteiger partial charge in [0.15, 0.2) is 0 Å². The molecule has 2 aromatic rings. The predicted octanol–water partition coefficient (Wildman–Crippen LogP) is 1.74. The number of aromatic nitrogens is 2. The molecule has 0 aliphatic carbocycles. The second-order valence-corrected chi connectivity index (χ2v) is 4.24. The minimum atomic E-state index is -0.548. The van der Waals surface area contributed by atoms with Crippen LogP contribution < -0.4 is 10.6 Å². The average molecular weight is 279 g/mol. The Morgan fingerprint density at radius 1 is 1.47 bits per heavy atom. The number of nitro groups is 1. The lowest BCUT2D eigenvalue weighted by Gasteiger charge is -2.08. The maximum atomic E-state index is 12.0. The van der Waals surface area contributed by atoms with Crippen LogP contribution in [0.3, 0.4) is 0 Å². The first-order valence-electron chi connectivity index (χ1n) is 5.16. The second-order valence-electron chi connectivity index (χ2n) is 3.40. The van der Waals surface area contributed by atoms with E-state index in [-0.39, 0.29) is 16.9 Å². The zero-order chi connectivity index (χ0) is 13.8. The lowest BCUT2D eigenvalue weighted by molar-refractivity contribution is -0.384. The topological polar surface area (TPSA) is 110 Å². The number of nitro benzene ring substituents is 1. The molecule has 8 nitrogen and oxygen atoms in total. The molecule has 0 atom stereocenters. The summed E-state index contributed by atoms with van der Waals surface area (Å²) in [5.74, 6) is -0.482. The van der Waals surface area contributed by atoms with Crippen molar-refractivity contribution < 1.29 is 9.72 Å². The molecule has 0 saturated heterocycles. The Bertz CT molecular complexity index is 614. The Balaban J connectivity index is 2.36. The summed E-state index contributed by atoms with van der Waals surface area (Å²) in [5, 5.41) is 23.7. The number of carbonyl (C=O) groups is 1. The van der Waals surface area contributed by atoms with E-state index in [9.17, 15) is 14.9 Å². The van der Waals surface area contributed by atoms with Crippen molar-refractivity contribution in [1.29, 1.82) is 0 Å². The van der Waals surface area contributed by atoms with Crippen molar-refractivity contribution in [2.75, 3.05) is 17.7 Å². The fourth-order valence-corrected chi connectivity index (χ4v) is 1.98. The van der Waals surface area contributed by atoms with Crippen molar-refractivity contribution in [1.82, 2.24) is 10.2 Å². The van der Waals surface area contributed by atoms with Crippen LogP contribution in [0.2, 0.25) is 0 Å². The highest BCUT2D eigenvalue weighted by Crippen LogP contribution is 2.28. The largest absolute Gasteiger partial charge is 0.382 e. The molecular formula is C10H9N5O3S. The van der Waals surface area contributed by atoms with Gasteiger partial charge >= 0.3 is 0 Å². The molecule has 0 aliphatic rings. The molecule has 2 rings (SSSR count). The van der Waals surface area contributed by atoms with E-state index in [0.717, 1.165) is 11.3 Å². The van der Waals surface area contributed by atoms with E-state index in [1.165, 1.54) is 30.8 Å². The number of amides is 1. The molecule has 0 fully saturated rings. The molecule has 0 spiro atoms. The summed E-state index contributed by atoms with van der Waals surface area (Å²) >= 11 is 1.16. The Morgan fingerprint density at radius 2 is 2.26 bits per heavy atom. The lowest BCUT2D eigenvalue weighted by atomic mass is 10.1. The minimum absolute atomic E-state index is 0.160. The Kier molecular flexibility index (Phi) is 3.66. The number of hydrogen-bond acceptors (Lipinski definition) is 7. The van der Waals surface area contributed by atoms with Gasteiger partial charge in [-0.1, -0.05) is 17.4 Å². The molecular weight excluding hydrogens is 270 g/mol. The maximum Gasteiger partial charge on any atom is 0.293 e. The number of nitrogens with one attached hydrogen (secondary N) is 2. The van der Waals surface area contributed by atoms with Crippen LogP contribution in [0.1, 0.15) is 10.4 Å². The van der Waals surface area contributed by atoms with E-state index in [0.29, 0.717) is 5.13 Å². The lowest BCUT2D eigenvalue weighted by Crippen LogP contribution is -2.14. The number of carbonyl (C=O) groups excluding carboxylic acids is 1. The molecule has 19 heavy (non-hydrogen) atoms. The number of anilines is 2. The van der Waals surface area contributed by atoms with Crippen molar-refractivity contribution in [3.63, 3.8) is 0 Å². The SMILES string of the molecule is CNc1c(C(=O)Nc2nncs2)cccc1[N+](=O)[O-]. The van der Waals surface area contributed by atoms with E-state index in [1.807, 2.05) is 0 Å². The Hall–Kier alpha value is -2.55. The first-order valence-corrected chi connectivity index (χ1v) is 6.04. The highest BCUT2D eigenvalue weighted by atomic mass is 32.1. The van der Waals surface area contributed by atoms with Crippen molar-refractivity contribution in [3.8, 4) is 0 Å². The fourth-order valence-electron chi connectivity index (χ4n) is 1.54. The van der Waals surface area contributed by atoms with E-state index in [4.69, 9.17) is 0 Å². The van der Waals surface area contributed by atoms with E-state index >= 15 is 0 Å². The van der Waals surface area contributed by atoms with Crippen LogP contribution in [0.25, 0.3) is 0 Å². The van der Waals surface area contributed by atoms with E-state index < -0.39 is 10.8 Å². The zero-order valence-electron chi connectivity index (χ0n) is 9.78. The number of benzene rings is 1. The number of rotatable bonds is 4. The number of nitrogens with zero attached hydrogens (tertiary/aromatic N) is 3. The maximum absolute atomic E-state index is 12.0. The smallest absolute Gasteiger partial charge is 0.293 e. The van der Waals surface area contributed by atoms with Crippen LogP contribution >= 0.6 is 11.3 Å². The Labute approximate surface area is 111 Å². The van der Waals surface area contributed by atoms with E-state index in [1.54, 1.807) is 0 Å². The van der Waals surface area contributed by atoms with Gasteiger partial charge in [0.05, 0.1) is 10.5 Å². The quantitative estimate of drug-likeness (QED) is 0.651. The number of para-hydroxylation sites is 1. The third-order valence-corrected chi connectivity index (χ3v) is 2.92. The monoisotopic (exact) mass is 279 g/mol. The highest BCUT2D eigenvalue weighted by Gasteiger charge is 2.21. The molecule has 1 aromatic heterocycles. The molecule has 0 saturated carbocycles. The van der Waals surface area contributed by atoms with Gasteiger partial charge in [0.2, 0.25) is 5.13 Å². The molecule has 9 heteroatoms. The summed E-state index contributed by atoms with van der Waals surface area (Å²) in [6.45, 7) is 0. The van der Waals surface area contributed by atoms with Crippen molar-refractivity contribution in [2.24, 2.45) is 0 Å². The first-order chi connectivity index (χ1) is 9.13. The van der Waals surface area contributed by atoms with Gasteiger partial charge in [-0.3, -0.25) is 20.2 Å². The molecule has 1 aromatic carbocycles. The molecule has 98 valence electrons. The normalized spacial score (nSPS) is 9.95. The van der Waals surface area contributed by atoms with Gasteiger partial charge < -0.3 is 5.32 Å². The van der Waals surface area contributed by atoms with E-state index in [2.05, 4.69) is 20.8 Å². The molecule has 2 N–H and O–H groups in total. The van der Waals surface area contributed by atoms with Gasteiger partial charge in [0, 0.05) is 13.1 Å². The number of hydrogen-bond donors (Lipinski definition) is 2. The molecule has 0 aliphatic heterocycles. The van der Waals surface area contributed by atoms with Gasteiger partial charge in [-0.2, -0.15) is 0 Å². The van der Waals surface area contributed by atoms with Crippen LogP contribution in [-0.2, 0) is 0 Å². The first kappa shape index (κ1) is 12.9. The molecule has 1 amide bonds. The molecule has 0 radical (unpaired) electrons. The summed E-state index contributed by atoms with van der Waals surface area (Å²) in [7, 11) is 1.52. The fraction of sp³-hybridized carbons (Fsp3) is 0.100. The average Bonchev–Trinajstić information content (AvgIpc) is 2.90.